The summed E-state index contributed by atoms with van der Waals surface area (Å²) in [5.41, 5.74) is 1.48. The Kier molecular flexibility index (Phi) is 4.61. The highest BCUT2D eigenvalue weighted by molar-refractivity contribution is 5.19. The van der Waals surface area contributed by atoms with Crippen LogP contribution in [0.4, 0.5) is 0 Å². The lowest BCUT2D eigenvalue weighted by Gasteiger charge is -2.31. The molecule has 0 aromatic heterocycles. The van der Waals surface area contributed by atoms with Crippen molar-refractivity contribution in [1.29, 1.82) is 0 Å². The number of aliphatic hydroxyl groups excluding tert-OH is 1. The van der Waals surface area contributed by atoms with Crippen molar-refractivity contribution in [2.75, 3.05) is 0 Å². The quantitative estimate of drug-likeness (QED) is 0.828. The fourth-order valence-electron chi connectivity index (χ4n) is 3.09. The molecule has 1 aromatic rings. The van der Waals surface area contributed by atoms with Gasteiger partial charge in [0.25, 0.3) is 0 Å². The van der Waals surface area contributed by atoms with Gasteiger partial charge in [0.1, 0.15) is 0 Å². The van der Waals surface area contributed by atoms with Crippen LogP contribution in [0.2, 0.25) is 0 Å². The summed E-state index contributed by atoms with van der Waals surface area (Å²) in [5, 5.41) is 10.0. The molecule has 0 aliphatic heterocycles. The van der Waals surface area contributed by atoms with Crippen molar-refractivity contribution in [2.45, 2.75) is 57.5 Å². The van der Waals surface area contributed by atoms with Gasteiger partial charge in [-0.15, -0.1) is 0 Å². The van der Waals surface area contributed by atoms with Gasteiger partial charge in [0.15, 0.2) is 0 Å². The van der Waals surface area contributed by atoms with Gasteiger partial charge in [-0.1, -0.05) is 43.7 Å². The van der Waals surface area contributed by atoms with E-state index in [9.17, 15) is 5.11 Å². The Labute approximate surface area is 105 Å². The smallest absolute Gasteiger partial charge is 0.0568 e. The lowest BCUT2D eigenvalue weighted by atomic mass is 9.76. The first-order valence-corrected chi connectivity index (χ1v) is 7.04. The first-order valence-electron chi connectivity index (χ1n) is 7.04. The molecular formula is C16H24O. The van der Waals surface area contributed by atoms with Crippen LogP contribution in [0.3, 0.4) is 0 Å². The predicted octanol–water partition coefficient (Wildman–Crippen LogP) is 4.12. The summed E-state index contributed by atoms with van der Waals surface area (Å²) in [5.74, 6) is 1.27. The molecule has 0 saturated heterocycles. The van der Waals surface area contributed by atoms with Crippen LogP contribution in [0.15, 0.2) is 30.3 Å². The number of aliphatic hydroxyl groups is 1. The molecule has 1 heteroatoms. The molecule has 17 heavy (non-hydrogen) atoms. The van der Waals surface area contributed by atoms with Crippen molar-refractivity contribution in [3.8, 4) is 0 Å². The number of hydrogen-bond acceptors (Lipinski definition) is 1. The monoisotopic (exact) mass is 232 g/mol. The lowest BCUT2D eigenvalue weighted by molar-refractivity contribution is 0.0730. The summed E-state index contributed by atoms with van der Waals surface area (Å²) in [4.78, 5) is 0. The van der Waals surface area contributed by atoms with E-state index in [1.165, 1.54) is 31.2 Å². The predicted molar refractivity (Wildman–Crippen MR) is 72.1 cm³/mol. The van der Waals surface area contributed by atoms with Gasteiger partial charge in [-0.25, -0.2) is 0 Å². The van der Waals surface area contributed by atoms with Gasteiger partial charge < -0.3 is 5.11 Å². The summed E-state index contributed by atoms with van der Waals surface area (Å²) >= 11 is 0. The van der Waals surface area contributed by atoms with Crippen LogP contribution in [-0.4, -0.2) is 11.2 Å². The first-order chi connectivity index (χ1) is 8.31. The van der Waals surface area contributed by atoms with E-state index in [1.807, 2.05) is 0 Å². The van der Waals surface area contributed by atoms with Crippen LogP contribution in [0.1, 0.15) is 56.9 Å². The highest BCUT2D eigenvalue weighted by Gasteiger charge is 2.26. The minimum atomic E-state index is -0.0586. The zero-order valence-corrected chi connectivity index (χ0v) is 10.8. The molecule has 1 aliphatic carbocycles. The summed E-state index contributed by atoms with van der Waals surface area (Å²) in [7, 11) is 0. The molecule has 1 aromatic carbocycles. The summed E-state index contributed by atoms with van der Waals surface area (Å²) in [6.07, 6.45) is 6.89. The fourth-order valence-corrected chi connectivity index (χ4v) is 3.09. The van der Waals surface area contributed by atoms with E-state index in [1.54, 1.807) is 0 Å². The van der Waals surface area contributed by atoms with E-state index < -0.39 is 0 Å². The maximum atomic E-state index is 10.0. The van der Waals surface area contributed by atoms with Crippen LogP contribution in [-0.2, 0) is 0 Å². The van der Waals surface area contributed by atoms with Crippen molar-refractivity contribution in [2.24, 2.45) is 5.92 Å². The van der Waals surface area contributed by atoms with Gasteiger partial charge in [0.2, 0.25) is 0 Å². The van der Waals surface area contributed by atoms with Crippen LogP contribution >= 0.6 is 0 Å². The summed E-state index contributed by atoms with van der Waals surface area (Å²) in [6.45, 7) is 2.15. The topological polar surface area (TPSA) is 20.2 Å². The molecule has 0 heterocycles. The molecule has 1 fully saturated rings. The zero-order chi connectivity index (χ0) is 12.1. The van der Waals surface area contributed by atoms with E-state index in [0.717, 1.165) is 18.8 Å². The molecule has 0 bridgehead atoms. The molecule has 1 aliphatic rings. The Morgan fingerprint density at radius 2 is 1.76 bits per heavy atom. The Hall–Kier alpha value is -0.820. The second-order valence-corrected chi connectivity index (χ2v) is 5.38. The fraction of sp³-hybridized carbons (Fsp3) is 0.625. The Bertz CT molecular complexity index is 312. The van der Waals surface area contributed by atoms with Crippen molar-refractivity contribution >= 4 is 0 Å². The van der Waals surface area contributed by atoms with Gasteiger partial charge in [-0.05, 0) is 49.5 Å². The lowest BCUT2D eigenvalue weighted by Crippen LogP contribution is -2.25. The van der Waals surface area contributed by atoms with Crippen molar-refractivity contribution < 1.29 is 5.11 Å². The molecule has 1 unspecified atom stereocenters. The molecular weight excluding hydrogens is 208 g/mol. The van der Waals surface area contributed by atoms with Crippen molar-refractivity contribution in [3.05, 3.63) is 35.9 Å². The van der Waals surface area contributed by atoms with Gasteiger partial charge in [-0.2, -0.15) is 0 Å². The second kappa shape index (κ2) is 6.20. The van der Waals surface area contributed by atoms with Crippen LogP contribution in [0, 0.1) is 5.92 Å². The Balaban J connectivity index is 1.86. The van der Waals surface area contributed by atoms with Gasteiger partial charge in [0, 0.05) is 0 Å². The molecule has 1 nitrogen and oxygen atoms in total. The first kappa shape index (κ1) is 12.6. The maximum Gasteiger partial charge on any atom is 0.0568 e. The molecule has 0 radical (unpaired) electrons. The van der Waals surface area contributed by atoms with E-state index in [2.05, 4.69) is 37.3 Å². The van der Waals surface area contributed by atoms with Crippen molar-refractivity contribution in [3.63, 3.8) is 0 Å². The minimum absolute atomic E-state index is 0.0586. The SMILES string of the molecule is CCCC(O)C1CCC(c2ccccc2)CC1. The molecule has 94 valence electrons. The second-order valence-electron chi connectivity index (χ2n) is 5.38. The highest BCUT2D eigenvalue weighted by atomic mass is 16.3. The minimum Gasteiger partial charge on any atom is -0.393 e. The molecule has 1 saturated carbocycles. The number of rotatable bonds is 4. The van der Waals surface area contributed by atoms with Crippen LogP contribution in [0.5, 0.6) is 0 Å². The normalized spacial score (nSPS) is 26.7. The number of hydrogen-bond donors (Lipinski definition) is 1. The maximum absolute atomic E-state index is 10.0. The Morgan fingerprint density at radius 3 is 2.35 bits per heavy atom. The van der Waals surface area contributed by atoms with Gasteiger partial charge in [-0.3, -0.25) is 0 Å². The van der Waals surface area contributed by atoms with Gasteiger partial charge >= 0.3 is 0 Å². The third-order valence-corrected chi connectivity index (χ3v) is 4.17. The molecule has 1 atom stereocenters. The van der Waals surface area contributed by atoms with Crippen molar-refractivity contribution in [1.82, 2.24) is 0 Å². The standard InChI is InChI=1S/C16H24O/c1-2-6-16(17)15-11-9-14(10-12-15)13-7-4-3-5-8-13/h3-5,7-8,14-17H,2,6,9-12H2,1H3. The average molecular weight is 232 g/mol. The molecule has 1 N–H and O–H groups in total. The third kappa shape index (κ3) is 3.32. The number of benzene rings is 1. The van der Waals surface area contributed by atoms with E-state index in [4.69, 9.17) is 0 Å². The van der Waals surface area contributed by atoms with E-state index in [0.29, 0.717) is 5.92 Å². The van der Waals surface area contributed by atoms with E-state index in [-0.39, 0.29) is 6.10 Å². The average Bonchev–Trinajstić information content (AvgIpc) is 2.40. The summed E-state index contributed by atoms with van der Waals surface area (Å²) < 4.78 is 0. The highest BCUT2D eigenvalue weighted by Crippen LogP contribution is 2.37. The molecule has 2 rings (SSSR count). The van der Waals surface area contributed by atoms with Crippen LogP contribution in [0.25, 0.3) is 0 Å². The Morgan fingerprint density at radius 1 is 1.12 bits per heavy atom. The van der Waals surface area contributed by atoms with E-state index >= 15 is 0 Å². The van der Waals surface area contributed by atoms with Gasteiger partial charge in [0.05, 0.1) is 6.10 Å². The third-order valence-electron chi connectivity index (χ3n) is 4.17. The molecule has 0 amide bonds. The summed E-state index contributed by atoms with van der Waals surface area (Å²) in [6, 6.07) is 10.8. The largest absolute Gasteiger partial charge is 0.393 e. The van der Waals surface area contributed by atoms with Crippen LogP contribution < -0.4 is 0 Å². The molecule has 0 spiro atoms. The zero-order valence-electron chi connectivity index (χ0n) is 10.8.